The molecule has 2 heteroatoms. The van der Waals surface area contributed by atoms with E-state index in [1.807, 2.05) is 0 Å². The molecule has 110 valence electrons. The van der Waals surface area contributed by atoms with Gasteiger partial charge in [-0.05, 0) is 42.7 Å². The minimum absolute atomic E-state index is 0.215. The zero-order valence-corrected chi connectivity index (χ0v) is 12.6. The first-order valence-corrected chi connectivity index (χ1v) is 8.40. The molecule has 2 aliphatic rings. The van der Waals surface area contributed by atoms with E-state index in [4.69, 9.17) is 5.73 Å². The summed E-state index contributed by atoms with van der Waals surface area (Å²) in [6.07, 6.45) is 9.39. The van der Waals surface area contributed by atoms with Gasteiger partial charge >= 0.3 is 0 Å². The molecule has 3 N–H and O–H groups in total. The molecule has 0 aromatic heterocycles. The van der Waals surface area contributed by atoms with Crippen LogP contribution in [0.1, 0.15) is 75.1 Å². The van der Waals surface area contributed by atoms with Gasteiger partial charge in [0.05, 0.1) is 0 Å². The summed E-state index contributed by atoms with van der Waals surface area (Å²) in [4.78, 5) is 0. The Bertz CT molecular complexity index is 437. The van der Waals surface area contributed by atoms with Crippen LogP contribution in [0.25, 0.3) is 0 Å². The van der Waals surface area contributed by atoms with Gasteiger partial charge in [-0.1, -0.05) is 50.5 Å². The van der Waals surface area contributed by atoms with Crippen molar-refractivity contribution in [3.63, 3.8) is 0 Å². The van der Waals surface area contributed by atoms with Crippen molar-refractivity contribution in [2.75, 3.05) is 0 Å². The molecule has 0 aliphatic heterocycles. The lowest BCUT2D eigenvalue weighted by atomic mass is 9.82. The molecule has 0 heterocycles. The van der Waals surface area contributed by atoms with Gasteiger partial charge in [-0.25, -0.2) is 0 Å². The second-order valence-corrected chi connectivity index (χ2v) is 6.60. The average Bonchev–Trinajstić information content (AvgIpc) is 2.82. The van der Waals surface area contributed by atoms with Gasteiger partial charge in [-0.2, -0.15) is 0 Å². The maximum Gasteiger partial charge on any atom is 0.0344 e. The molecule has 0 amide bonds. The predicted octanol–water partition coefficient (Wildman–Crippen LogP) is 4.08. The van der Waals surface area contributed by atoms with Crippen molar-refractivity contribution in [1.29, 1.82) is 0 Å². The number of nitrogens with two attached hydrogens (primary N) is 1. The lowest BCUT2D eigenvalue weighted by molar-refractivity contribution is 0.243. The van der Waals surface area contributed by atoms with Crippen molar-refractivity contribution >= 4 is 0 Å². The molecule has 1 saturated carbocycles. The van der Waals surface area contributed by atoms with Gasteiger partial charge in [0.25, 0.3) is 0 Å². The fourth-order valence-electron chi connectivity index (χ4n) is 4.21. The van der Waals surface area contributed by atoms with E-state index >= 15 is 0 Å². The van der Waals surface area contributed by atoms with E-state index in [0.717, 1.165) is 12.3 Å². The van der Waals surface area contributed by atoms with Gasteiger partial charge in [0.15, 0.2) is 0 Å². The largest absolute Gasteiger partial charge is 0.324 e. The molecule has 3 unspecified atom stereocenters. The minimum Gasteiger partial charge on any atom is -0.324 e. The second kappa shape index (κ2) is 6.28. The predicted molar refractivity (Wildman–Crippen MR) is 84.5 cm³/mol. The van der Waals surface area contributed by atoms with Crippen LogP contribution in [0, 0.1) is 5.92 Å². The van der Waals surface area contributed by atoms with Gasteiger partial charge in [-0.15, -0.1) is 0 Å². The van der Waals surface area contributed by atoms with Crippen LogP contribution in [0.5, 0.6) is 0 Å². The monoisotopic (exact) mass is 272 g/mol. The van der Waals surface area contributed by atoms with E-state index < -0.39 is 0 Å². The summed E-state index contributed by atoms with van der Waals surface area (Å²) in [6, 6.07) is 10.1. The first kappa shape index (κ1) is 14.1. The zero-order chi connectivity index (χ0) is 13.9. The highest BCUT2D eigenvalue weighted by molar-refractivity contribution is 5.37. The topological polar surface area (TPSA) is 38.0 Å². The number of benzene rings is 1. The third-order valence-electron chi connectivity index (χ3n) is 5.33. The third kappa shape index (κ3) is 2.77. The molecule has 0 radical (unpaired) electrons. The minimum atomic E-state index is 0.215. The molecular formula is C18H28N2. The van der Waals surface area contributed by atoms with Gasteiger partial charge in [-0.3, -0.25) is 0 Å². The number of rotatable bonds is 4. The van der Waals surface area contributed by atoms with Crippen molar-refractivity contribution in [2.45, 2.75) is 70.0 Å². The summed E-state index contributed by atoms with van der Waals surface area (Å²) in [5.74, 6) is 0.873. The molecule has 20 heavy (non-hydrogen) atoms. The van der Waals surface area contributed by atoms with Gasteiger partial charge in [0.1, 0.15) is 0 Å². The highest BCUT2D eigenvalue weighted by Gasteiger charge is 2.31. The Balaban J connectivity index is 1.70. The van der Waals surface area contributed by atoms with Crippen LogP contribution in [0.3, 0.4) is 0 Å². The Morgan fingerprint density at radius 3 is 2.55 bits per heavy atom. The summed E-state index contributed by atoms with van der Waals surface area (Å²) in [5, 5.41) is 3.94. The summed E-state index contributed by atoms with van der Waals surface area (Å²) >= 11 is 0. The fraction of sp³-hybridized carbons (Fsp3) is 0.667. The highest BCUT2D eigenvalue weighted by atomic mass is 15.0. The van der Waals surface area contributed by atoms with E-state index in [2.05, 4.69) is 36.5 Å². The lowest BCUT2D eigenvalue weighted by Crippen LogP contribution is -2.38. The van der Waals surface area contributed by atoms with E-state index in [9.17, 15) is 0 Å². The molecule has 3 atom stereocenters. The first-order valence-electron chi connectivity index (χ1n) is 8.40. The summed E-state index contributed by atoms with van der Waals surface area (Å²) in [5.41, 5.74) is 9.08. The van der Waals surface area contributed by atoms with Crippen LogP contribution in [0.2, 0.25) is 0 Å². The Morgan fingerprint density at radius 1 is 1.15 bits per heavy atom. The second-order valence-electron chi connectivity index (χ2n) is 6.60. The lowest BCUT2D eigenvalue weighted by Gasteiger charge is -2.33. The van der Waals surface area contributed by atoms with Gasteiger partial charge < -0.3 is 11.1 Å². The molecule has 0 saturated heterocycles. The smallest absolute Gasteiger partial charge is 0.0344 e. The van der Waals surface area contributed by atoms with Crippen molar-refractivity contribution < 1.29 is 0 Å². The molecular weight excluding hydrogens is 244 g/mol. The third-order valence-corrected chi connectivity index (χ3v) is 5.33. The van der Waals surface area contributed by atoms with Crippen molar-refractivity contribution in [3.05, 3.63) is 35.4 Å². The Labute approximate surface area is 123 Å². The molecule has 0 bridgehead atoms. The molecule has 1 aromatic rings. The Morgan fingerprint density at radius 2 is 1.85 bits per heavy atom. The highest BCUT2D eigenvalue weighted by Crippen LogP contribution is 2.38. The summed E-state index contributed by atoms with van der Waals surface area (Å²) in [7, 11) is 0. The average molecular weight is 272 g/mol. The molecule has 0 spiro atoms. The molecule has 1 aromatic carbocycles. The Hall–Kier alpha value is -0.860. The summed E-state index contributed by atoms with van der Waals surface area (Å²) in [6.45, 7) is 2.33. The fourth-order valence-corrected chi connectivity index (χ4v) is 4.21. The SMILES string of the molecule is CCC(NC1CC(N)c2ccccc21)C1CCCCC1. The van der Waals surface area contributed by atoms with Gasteiger partial charge in [0.2, 0.25) is 0 Å². The molecule has 2 aliphatic carbocycles. The van der Waals surface area contributed by atoms with E-state index in [1.54, 1.807) is 0 Å². The number of nitrogens with one attached hydrogen (secondary N) is 1. The number of hydrogen-bond donors (Lipinski definition) is 2. The maximum absolute atomic E-state index is 6.29. The number of hydrogen-bond acceptors (Lipinski definition) is 2. The zero-order valence-electron chi connectivity index (χ0n) is 12.6. The van der Waals surface area contributed by atoms with Gasteiger partial charge in [0, 0.05) is 18.1 Å². The maximum atomic E-state index is 6.29. The van der Waals surface area contributed by atoms with Crippen LogP contribution in [-0.2, 0) is 0 Å². The van der Waals surface area contributed by atoms with Crippen molar-refractivity contribution in [3.8, 4) is 0 Å². The van der Waals surface area contributed by atoms with Crippen LogP contribution in [-0.4, -0.2) is 6.04 Å². The molecule has 2 nitrogen and oxygen atoms in total. The quantitative estimate of drug-likeness (QED) is 0.866. The van der Waals surface area contributed by atoms with Crippen LogP contribution >= 0.6 is 0 Å². The van der Waals surface area contributed by atoms with E-state index in [-0.39, 0.29) is 6.04 Å². The van der Waals surface area contributed by atoms with Crippen molar-refractivity contribution in [1.82, 2.24) is 5.32 Å². The van der Waals surface area contributed by atoms with Crippen LogP contribution in [0.15, 0.2) is 24.3 Å². The van der Waals surface area contributed by atoms with E-state index in [0.29, 0.717) is 12.1 Å². The summed E-state index contributed by atoms with van der Waals surface area (Å²) < 4.78 is 0. The standard InChI is InChI=1S/C18H28N2/c1-2-17(13-8-4-3-5-9-13)20-18-12-16(19)14-10-6-7-11-15(14)18/h6-7,10-11,13,16-18,20H,2-5,8-9,12,19H2,1H3. The van der Waals surface area contributed by atoms with Crippen LogP contribution in [0.4, 0.5) is 0 Å². The van der Waals surface area contributed by atoms with E-state index in [1.165, 1.54) is 49.7 Å². The first-order chi connectivity index (χ1) is 9.79. The van der Waals surface area contributed by atoms with Crippen LogP contribution < -0.4 is 11.1 Å². The molecule has 3 rings (SSSR count). The molecule has 1 fully saturated rings. The Kier molecular flexibility index (Phi) is 4.42. The van der Waals surface area contributed by atoms with Crippen molar-refractivity contribution in [2.24, 2.45) is 11.7 Å². The normalized spacial score (nSPS) is 28.3. The number of fused-ring (bicyclic) bond motifs is 1.